The molecule has 0 unspecified atom stereocenters. The molecule has 2 amide bonds. The van der Waals surface area contributed by atoms with Gasteiger partial charge in [0.05, 0.1) is 16.5 Å². The summed E-state index contributed by atoms with van der Waals surface area (Å²) in [6, 6.07) is 17.4. The Bertz CT molecular complexity index is 1510. The number of fused-ring (bicyclic) bond motifs is 1. The minimum Gasteiger partial charge on any atom is -0.437 e. The maximum Gasteiger partial charge on any atom is 0.255 e. The summed E-state index contributed by atoms with van der Waals surface area (Å²) in [6.45, 7) is 3.59. The van der Waals surface area contributed by atoms with Gasteiger partial charge in [-0.25, -0.2) is 9.97 Å². The van der Waals surface area contributed by atoms with Crippen LogP contribution in [0, 0.1) is 11.3 Å². The molecule has 0 aliphatic rings. The summed E-state index contributed by atoms with van der Waals surface area (Å²) in [4.78, 5) is 33.6. The summed E-state index contributed by atoms with van der Waals surface area (Å²) in [5.41, 5.74) is 1.50. The van der Waals surface area contributed by atoms with Crippen molar-refractivity contribution in [3.63, 3.8) is 0 Å². The molecule has 2 heterocycles. The molecular weight excluding hydrogens is 521 g/mol. The number of alkyl halides is 1. The summed E-state index contributed by atoms with van der Waals surface area (Å²) in [6.07, 6.45) is 0. The molecule has 4 aromatic rings. The van der Waals surface area contributed by atoms with Gasteiger partial charge in [0.25, 0.3) is 5.91 Å². The number of anilines is 2. The Labute approximate surface area is 220 Å². The first-order valence-corrected chi connectivity index (χ1v) is 12.4. The standard InChI is InChI=1S/C25H19Cl2N5O3S/c1-25(2,13-28)15-5-3-4-14(10-15)22(34)29-16-6-7-17(27)19(11-16)35-21-9-8-18-23(32-21)36-24(30-18)31-20(33)12-26/h3-11H,12H2,1-2H3,(H,29,34)(H,30,31,33). The highest BCUT2D eigenvalue weighted by Crippen LogP contribution is 2.33. The number of nitriles is 1. The van der Waals surface area contributed by atoms with Crippen LogP contribution in [0.25, 0.3) is 10.3 Å². The van der Waals surface area contributed by atoms with Crippen molar-refractivity contribution >= 4 is 67.5 Å². The van der Waals surface area contributed by atoms with E-state index in [2.05, 4.69) is 26.7 Å². The van der Waals surface area contributed by atoms with Crippen LogP contribution in [0.2, 0.25) is 5.02 Å². The van der Waals surface area contributed by atoms with Gasteiger partial charge in [0.2, 0.25) is 11.8 Å². The highest BCUT2D eigenvalue weighted by Gasteiger charge is 2.21. The molecular formula is C25H19Cl2N5O3S. The van der Waals surface area contributed by atoms with Crippen LogP contribution in [0.5, 0.6) is 11.6 Å². The predicted molar refractivity (Wildman–Crippen MR) is 141 cm³/mol. The molecule has 36 heavy (non-hydrogen) atoms. The second-order valence-electron chi connectivity index (χ2n) is 8.19. The molecule has 0 aliphatic carbocycles. The van der Waals surface area contributed by atoms with Gasteiger partial charge in [0.1, 0.15) is 22.0 Å². The van der Waals surface area contributed by atoms with Crippen LogP contribution < -0.4 is 15.4 Å². The maximum atomic E-state index is 12.9. The number of pyridine rings is 1. The van der Waals surface area contributed by atoms with Crippen LogP contribution in [-0.4, -0.2) is 27.7 Å². The minimum absolute atomic E-state index is 0.174. The lowest BCUT2D eigenvalue weighted by molar-refractivity contribution is -0.113. The van der Waals surface area contributed by atoms with Crippen molar-refractivity contribution < 1.29 is 14.3 Å². The third-order valence-corrected chi connectivity index (χ3v) is 6.56. The van der Waals surface area contributed by atoms with E-state index >= 15 is 0 Å². The quantitative estimate of drug-likeness (QED) is 0.263. The zero-order chi connectivity index (χ0) is 25.9. The lowest BCUT2D eigenvalue weighted by Crippen LogP contribution is -2.17. The highest BCUT2D eigenvalue weighted by molar-refractivity contribution is 7.22. The molecule has 8 nitrogen and oxygen atoms in total. The Balaban J connectivity index is 1.52. The van der Waals surface area contributed by atoms with Crippen LogP contribution in [0.15, 0.2) is 54.6 Å². The molecule has 0 atom stereocenters. The summed E-state index contributed by atoms with van der Waals surface area (Å²) in [7, 11) is 0. The fourth-order valence-electron chi connectivity index (χ4n) is 3.15. The summed E-state index contributed by atoms with van der Waals surface area (Å²) in [5, 5.41) is 15.5. The van der Waals surface area contributed by atoms with E-state index in [-0.39, 0.29) is 23.6 Å². The number of carbonyl (C=O) groups excluding carboxylic acids is 2. The molecule has 0 bridgehead atoms. The molecule has 0 radical (unpaired) electrons. The molecule has 0 saturated carbocycles. The van der Waals surface area contributed by atoms with E-state index in [1.807, 2.05) is 6.07 Å². The molecule has 0 spiro atoms. The van der Waals surface area contributed by atoms with Gasteiger partial charge < -0.3 is 15.4 Å². The van der Waals surface area contributed by atoms with Gasteiger partial charge in [-0.3, -0.25) is 9.59 Å². The average Bonchev–Trinajstić information content (AvgIpc) is 3.27. The lowest BCUT2D eigenvalue weighted by atomic mass is 9.85. The number of amides is 2. The first kappa shape index (κ1) is 25.4. The van der Waals surface area contributed by atoms with Crippen molar-refractivity contribution in [2.24, 2.45) is 0 Å². The van der Waals surface area contributed by atoms with Crippen LogP contribution in [0.4, 0.5) is 10.8 Å². The number of nitrogens with zero attached hydrogens (tertiary/aromatic N) is 3. The van der Waals surface area contributed by atoms with Crippen molar-refractivity contribution in [2.45, 2.75) is 19.3 Å². The number of halogens is 2. The first-order valence-electron chi connectivity index (χ1n) is 10.6. The fourth-order valence-corrected chi connectivity index (χ4v) is 4.22. The zero-order valence-electron chi connectivity index (χ0n) is 19.1. The number of nitrogens with one attached hydrogen (secondary N) is 2. The number of ether oxygens (including phenoxy) is 1. The van der Waals surface area contributed by atoms with Gasteiger partial charge in [0, 0.05) is 23.4 Å². The van der Waals surface area contributed by atoms with E-state index in [1.165, 1.54) is 11.3 Å². The SMILES string of the molecule is CC(C)(C#N)c1cccc(C(=O)Nc2ccc(Cl)c(Oc3ccc4nc(NC(=O)CCl)sc4n3)c2)c1. The average molecular weight is 540 g/mol. The summed E-state index contributed by atoms with van der Waals surface area (Å²) >= 11 is 13.0. The Morgan fingerprint density at radius 1 is 1.11 bits per heavy atom. The van der Waals surface area contributed by atoms with E-state index in [1.54, 1.807) is 62.4 Å². The Morgan fingerprint density at radius 2 is 1.92 bits per heavy atom. The van der Waals surface area contributed by atoms with Crippen LogP contribution >= 0.6 is 34.5 Å². The van der Waals surface area contributed by atoms with E-state index in [4.69, 9.17) is 27.9 Å². The van der Waals surface area contributed by atoms with E-state index < -0.39 is 5.41 Å². The molecule has 182 valence electrons. The van der Waals surface area contributed by atoms with Gasteiger partial charge >= 0.3 is 0 Å². The summed E-state index contributed by atoms with van der Waals surface area (Å²) < 4.78 is 5.88. The van der Waals surface area contributed by atoms with Crippen molar-refractivity contribution in [3.8, 4) is 17.7 Å². The van der Waals surface area contributed by atoms with Crippen molar-refractivity contribution in [3.05, 3.63) is 70.7 Å². The minimum atomic E-state index is -0.722. The van der Waals surface area contributed by atoms with Gasteiger partial charge in [-0.2, -0.15) is 5.26 Å². The highest BCUT2D eigenvalue weighted by atomic mass is 35.5. The molecule has 0 saturated heterocycles. The van der Waals surface area contributed by atoms with Crippen LogP contribution in [0.3, 0.4) is 0 Å². The van der Waals surface area contributed by atoms with Crippen LogP contribution in [-0.2, 0) is 10.2 Å². The summed E-state index contributed by atoms with van der Waals surface area (Å²) in [5.74, 6) is -0.321. The second kappa shape index (κ2) is 10.5. The number of carbonyl (C=O) groups is 2. The maximum absolute atomic E-state index is 12.9. The van der Waals surface area contributed by atoms with Crippen molar-refractivity contribution in [1.82, 2.24) is 9.97 Å². The third kappa shape index (κ3) is 5.74. The van der Waals surface area contributed by atoms with Gasteiger partial charge in [-0.05, 0) is 49.7 Å². The number of thiazole rings is 1. The number of hydrogen-bond donors (Lipinski definition) is 2. The predicted octanol–water partition coefficient (Wildman–Crippen LogP) is 6.37. The van der Waals surface area contributed by atoms with Crippen molar-refractivity contribution in [1.29, 1.82) is 5.26 Å². The number of hydrogen-bond acceptors (Lipinski definition) is 7. The van der Waals surface area contributed by atoms with E-state index in [0.29, 0.717) is 37.5 Å². The normalized spacial score (nSPS) is 11.1. The Kier molecular flexibility index (Phi) is 7.40. The third-order valence-electron chi connectivity index (χ3n) is 5.13. The first-order chi connectivity index (χ1) is 17.2. The fraction of sp³-hybridized carbons (Fsp3) is 0.160. The van der Waals surface area contributed by atoms with Gasteiger partial charge in [-0.15, -0.1) is 11.6 Å². The number of benzene rings is 2. The lowest BCUT2D eigenvalue weighted by Gasteiger charge is -2.16. The Morgan fingerprint density at radius 3 is 2.67 bits per heavy atom. The smallest absolute Gasteiger partial charge is 0.255 e. The molecule has 0 fully saturated rings. The number of aromatic nitrogens is 2. The molecule has 4 rings (SSSR count). The Hall–Kier alpha value is -3.71. The van der Waals surface area contributed by atoms with Gasteiger partial charge in [0.15, 0.2) is 5.13 Å². The van der Waals surface area contributed by atoms with Gasteiger partial charge in [-0.1, -0.05) is 35.1 Å². The number of rotatable bonds is 7. The topological polar surface area (TPSA) is 117 Å². The second-order valence-corrected chi connectivity index (χ2v) is 9.85. The monoisotopic (exact) mass is 539 g/mol. The molecule has 11 heteroatoms. The van der Waals surface area contributed by atoms with E-state index in [9.17, 15) is 14.9 Å². The molecule has 2 aromatic heterocycles. The molecule has 2 aromatic carbocycles. The molecule has 0 aliphatic heterocycles. The van der Waals surface area contributed by atoms with E-state index in [0.717, 1.165) is 5.56 Å². The van der Waals surface area contributed by atoms with Crippen LogP contribution in [0.1, 0.15) is 29.8 Å². The molecule has 2 N–H and O–H groups in total. The largest absolute Gasteiger partial charge is 0.437 e. The zero-order valence-corrected chi connectivity index (χ0v) is 21.5. The van der Waals surface area contributed by atoms with Crippen molar-refractivity contribution in [2.75, 3.05) is 16.5 Å².